The molecule has 0 bridgehead atoms. The number of benzene rings is 1. The zero-order chi connectivity index (χ0) is 9.73. The molecule has 0 atom stereocenters. The molecule has 0 heterocycles. The molecule has 0 aromatic heterocycles. The van der Waals surface area contributed by atoms with Crippen LogP contribution in [0.1, 0.15) is 13.8 Å². The minimum Gasteiger partial charge on any atom is -0.126 e. The fraction of sp³-hybridized carbons (Fsp3) is 0.455. The molecule has 0 aliphatic heterocycles. The van der Waals surface area contributed by atoms with Crippen molar-refractivity contribution in [1.29, 1.82) is 0 Å². The van der Waals surface area contributed by atoms with E-state index in [0.29, 0.717) is 5.41 Å². The molecule has 0 spiro atoms. The second-order valence-corrected chi connectivity index (χ2v) is 5.51. The average Bonchev–Trinajstić information content (AvgIpc) is 2.17. The molecule has 0 saturated heterocycles. The minimum absolute atomic E-state index is 0.376. The van der Waals surface area contributed by atoms with Crippen LogP contribution in [0.5, 0.6) is 0 Å². The second-order valence-electron chi connectivity index (χ2n) is 3.90. The highest BCUT2D eigenvalue weighted by Crippen LogP contribution is 2.28. The van der Waals surface area contributed by atoms with Gasteiger partial charge in [0.2, 0.25) is 0 Å². The third kappa shape index (κ3) is 4.19. The van der Waals surface area contributed by atoms with Gasteiger partial charge in [0, 0.05) is 16.0 Å². The molecule has 1 rings (SSSR count). The lowest BCUT2D eigenvalue weighted by Gasteiger charge is -2.20. The Morgan fingerprint density at radius 1 is 1.23 bits per heavy atom. The Hall–Kier alpha value is 0.0500. The van der Waals surface area contributed by atoms with E-state index >= 15 is 0 Å². The van der Waals surface area contributed by atoms with Crippen LogP contribution in [0.3, 0.4) is 0 Å². The number of hydrogen-bond donors (Lipinski definition) is 0. The van der Waals surface area contributed by atoms with Crippen molar-refractivity contribution in [2.75, 3.05) is 11.1 Å². The van der Waals surface area contributed by atoms with Crippen LogP contribution in [0.25, 0.3) is 0 Å². The first-order chi connectivity index (χ1) is 6.14. The van der Waals surface area contributed by atoms with E-state index in [9.17, 15) is 0 Å². The summed E-state index contributed by atoms with van der Waals surface area (Å²) >= 11 is 5.45. The molecule has 72 valence electrons. The van der Waals surface area contributed by atoms with Crippen molar-refractivity contribution >= 4 is 27.7 Å². The van der Waals surface area contributed by atoms with Gasteiger partial charge >= 0.3 is 0 Å². The molecule has 0 aliphatic carbocycles. The third-order valence-electron chi connectivity index (χ3n) is 1.73. The lowest BCUT2D eigenvalue weighted by molar-refractivity contribution is 0.496. The smallest absolute Gasteiger partial charge is 0.00906 e. The van der Waals surface area contributed by atoms with Gasteiger partial charge in [0.05, 0.1) is 0 Å². The molecule has 0 N–H and O–H groups in total. The van der Waals surface area contributed by atoms with Crippen LogP contribution in [0, 0.1) is 5.41 Å². The van der Waals surface area contributed by atoms with Crippen molar-refractivity contribution in [2.24, 2.45) is 5.41 Å². The van der Waals surface area contributed by atoms with Gasteiger partial charge < -0.3 is 0 Å². The average molecular weight is 259 g/mol. The fourth-order valence-corrected chi connectivity index (χ4v) is 2.30. The Balaban J connectivity index is 2.44. The molecule has 1 aromatic rings. The summed E-state index contributed by atoms with van der Waals surface area (Å²) in [5.74, 6) is 1.16. The van der Waals surface area contributed by atoms with E-state index in [0.717, 1.165) is 11.1 Å². The predicted octanol–water partition coefficient (Wildman–Crippen LogP) is 4.20. The first kappa shape index (κ1) is 11.1. The van der Waals surface area contributed by atoms with E-state index in [4.69, 9.17) is 0 Å². The molecule has 0 fully saturated rings. The largest absolute Gasteiger partial charge is 0.126 e. The quantitative estimate of drug-likeness (QED) is 0.577. The number of alkyl halides is 1. The molecule has 2 heteroatoms. The molecular formula is C11H15BrS. The van der Waals surface area contributed by atoms with Gasteiger partial charge in [0.1, 0.15) is 0 Å². The van der Waals surface area contributed by atoms with Crippen LogP contribution in [0.15, 0.2) is 35.2 Å². The summed E-state index contributed by atoms with van der Waals surface area (Å²) in [5.41, 5.74) is 0.376. The molecule has 0 saturated carbocycles. The van der Waals surface area contributed by atoms with Gasteiger partial charge in [-0.3, -0.25) is 0 Å². The van der Waals surface area contributed by atoms with E-state index < -0.39 is 0 Å². The monoisotopic (exact) mass is 258 g/mol. The normalized spacial score (nSPS) is 11.6. The summed E-state index contributed by atoms with van der Waals surface area (Å²) in [6, 6.07) is 10.6. The fourth-order valence-electron chi connectivity index (χ4n) is 0.834. The molecule has 0 unspecified atom stereocenters. The van der Waals surface area contributed by atoms with E-state index in [1.165, 1.54) is 4.90 Å². The molecule has 0 amide bonds. The van der Waals surface area contributed by atoms with Crippen molar-refractivity contribution in [2.45, 2.75) is 18.7 Å². The molecule has 1 aromatic carbocycles. The van der Waals surface area contributed by atoms with Gasteiger partial charge in [-0.15, -0.1) is 11.8 Å². The van der Waals surface area contributed by atoms with Gasteiger partial charge in [-0.05, 0) is 17.5 Å². The Bertz CT molecular complexity index is 244. The predicted molar refractivity (Wildman–Crippen MR) is 64.7 cm³/mol. The Morgan fingerprint density at radius 2 is 1.85 bits per heavy atom. The lowest BCUT2D eigenvalue weighted by atomic mass is 10.0. The highest BCUT2D eigenvalue weighted by atomic mass is 79.9. The van der Waals surface area contributed by atoms with E-state index in [-0.39, 0.29) is 0 Å². The molecule has 0 nitrogen and oxygen atoms in total. The maximum Gasteiger partial charge on any atom is 0.00906 e. The summed E-state index contributed by atoms with van der Waals surface area (Å²) in [7, 11) is 0. The van der Waals surface area contributed by atoms with Gasteiger partial charge in [-0.25, -0.2) is 0 Å². The maximum absolute atomic E-state index is 3.53. The van der Waals surface area contributed by atoms with Crippen LogP contribution in [-0.2, 0) is 0 Å². The number of halogens is 1. The van der Waals surface area contributed by atoms with Crippen molar-refractivity contribution in [3.63, 3.8) is 0 Å². The first-order valence-corrected chi connectivity index (χ1v) is 6.48. The van der Waals surface area contributed by atoms with Crippen molar-refractivity contribution < 1.29 is 0 Å². The zero-order valence-corrected chi connectivity index (χ0v) is 10.5. The highest BCUT2D eigenvalue weighted by molar-refractivity contribution is 9.09. The third-order valence-corrected chi connectivity index (χ3v) is 4.78. The molecule has 13 heavy (non-hydrogen) atoms. The maximum atomic E-state index is 3.53. The lowest BCUT2D eigenvalue weighted by Crippen LogP contribution is -2.15. The summed E-state index contributed by atoms with van der Waals surface area (Å²) in [6.07, 6.45) is 0. The van der Waals surface area contributed by atoms with E-state index in [1.54, 1.807) is 0 Å². The highest BCUT2D eigenvalue weighted by Gasteiger charge is 2.15. The van der Waals surface area contributed by atoms with Crippen molar-refractivity contribution in [1.82, 2.24) is 0 Å². The van der Waals surface area contributed by atoms with Gasteiger partial charge in [-0.2, -0.15) is 0 Å². The Morgan fingerprint density at radius 3 is 2.38 bits per heavy atom. The first-order valence-electron chi connectivity index (χ1n) is 4.38. The van der Waals surface area contributed by atoms with Crippen molar-refractivity contribution in [3.8, 4) is 0 Å². The summed E-state index contributed by atoms with van der Waals surface area (Å²) in [5, 5.41) is 1.06. The number of thioether (sulfide) groups is 1. The Labute approximate surface area is 93.2 Å². The van der Waals surface area contributed by atoms with Crippen LogP contribution < -0.4 is 0 Å². The molecule has 0 aliphatic rings. The van der Waals surface area contributed by atoms with Gasteiger partial charge in [0.15, 0.2) is 0 Å². The van der Waals surface area contributed by atoms with Crippen LogP contribution in [0.2, 0.25) is 0 Å². The Kier molecular flexibility index (Phi) is 4.33. The summed E-state index contributed by atoms with van der Waals surface area (Å²) < 4.78 is 0. The summed E-state index contributed by atoms with van der Waals surface area (Å²) in [4.78, 5) is 1.36. The minimum atomic E-state index is 0.376. The molecular weight excluding hydrogens is 244 g/mol. The molecule has 0 radical (unpaired) electrons. The van der Waals surface area contributed by atoms with E-state index in [1.807, 2.05) is 11.8 Å². The topological polar surface area (TPSA) is 0 Å². The standard InChI is InChI=1S/C11H15BrS/c1-11(2,8-12)9-13-10-6-4-3-5-7-10/h3-7H,8-9H2,1-2H3. The number of rotatable bonds is 4. The van der Waals surface area contributed by atoms with Crippen LogP contribution >= 0.6 is 27.7 Å². The van der Waals surface area contributed by atoms with Gasteiger partial charge in [-0.1, -0.05) is 48.0 Å². The SMILES string of the molecule is CC(C)(CBr)CSc1ccccc1. The van der Waals surface area contributed by atoms with Crippen LogP contribution in [0.4, 0.5) is 0 Å². The van der Waals surface area contributed by atoms with Crippen molar-refractivity contribution in [3.05, 3.63) is 30.3 Å². The van der Waals surface area contributed by atoms with Crippen LogP contribution in [-0.4, -0.2) is 11.1 Å². The second kappa shape index (κ2) is 5.06. The summed E-state index contributed by atoms with van der Waals surface area (Å²) in [6.45, 7) is 4.55. The number of hydrogen-bond acceptors (Lipinski definition) is 1. The zero-order valence-electron chi connectivity index (χ0n) is 8.09. The van der Waals surface area contributed by atoms with E-state index in [2.05, 4.69) is 60.1 Å². The van der Waals surface area contributed by atoms with Gasteiger partial charge in [0.25, 0.3) is 0 Å².